The summed E-state index contributed by atoms with van der Waals surface area (Å²) in [6, 6.07) is 3.81. The maximum atomic E-state index is 12.2. The predicted octanol–water partition coefficient (Wildman–Crippen LogP) is 1.55. The molecule has 0 N–H and O–H groups in total. The maximum Gasteiger partial charge on any atom is 0.277 e. The number of likely N-dealkylation sites (tertiary alicyclic amines) is 1. The van der Waals surface area contributed by atoms with Crippen LogP contribution in [0.4, 0.5) is 0 Å². The zero-order valence-electron chi connectivity index (χ0n) is 10.2. The Morgan fingerprint density at radius 2 is 1.89 bits per heavy atom. The summed E-state index contributed by atoms with van der Waals surface area (Å²) in [4.78, 5) is 28.6. The molecule has 1 aromatic heterocycles. The number of hydrogen-bond donors (Lipinski definition) is 0. The third-order valence-electron chi connectivity index (χ3n) is 3.45. The Morgan fingerprint density at radius 1 is 1.17 bits per heavy atom. The minimum atomic E-state index is -0.177. The Balaban J connectivity index is 2.12. The lowest BCUT2D eigenvalue weighted by atomic mass is 10.2. The van der Waals surface area contributed by atoms with Gasteiger partial charge >= 0.3 is 0 Å². The van der Waals surface area contributed by atoms with Crippen LogP contribution in [0.5, 0.6) is 0 Å². The lowest BCUT2D eigenvalue weighted by molar-refractivity contribution is -0.135. The van der Waals surface area contributed by atoms with Gasteiger partial charge < -0.3 is 4.90 Å². The van der Waals surface area contributed by atoms with E-state index in [1.54, 1.807) is 7.05 Å². The van der Waals surface area contributed by atoms with Gasteiger partial charge in [0, 0.05) is 25.0 Å². The van der Waals surface area contributed by atoms with Crippen molar-refractivity contribution >= 4 is 28.7 Å². The smallest absolute Gasteiger partial charge is 0.277 e. The van der Waals surface area contributed by atoms with E-state index in [1.807, 2.05) is 17.5 Å². The molecule has 94 valence electrons. The number of imide groups is 1. The number of carbonyl (C=O) groups excluding carboxylic acids is 2. The Hall–Kier alpha value is -1.62. The number of nitrogens with zero attached hydrogens (tertiary/aromatic N) is 2. The lowest BCUT2D eigenvalue weighted by Crippen LogP contribution is -2.31. The molecule has 1 aromatic rings. The van der Waals surface area contributed by atoms with E-state index in [0.29, 0.717) is 11.3 Å². The van der Waals surface area contributed by atoms with E-state index in [9.17, 15) is 9.59 Å². The number of hydrogen-bond acceptors (Lipinski definition) is 4. The Labute approximate surface area is 109 Å². The molecule has 0 spiro atoms. The van der Waals surface area contributed by atoms with Crippen molar-refractivity contribution in [1.29, 1.82) is 0 Å². The number of amides is 2. The summed E-state index contributed by atoms with van der Waals surface area (Å²) in [6.07, 6.45) is 2.18. The first kappa shape index (κ1) is 11.5. The van der Waals surface area contributed by atoms with E-state index >= 15 is 0 Å². The maximum absolute atomic E-state index is 12.2. The minimum Gasteiger partial charge on any atom is -0.366 e. The van der Waals surface area contributed by atoms with Gasteiger partial charge in [-0.3, -0.25) is 14.5 Å². The van der Waals surface area contributed by atoms with Gasteiger partial charge in [-0.2, -0.15) is 0 Å². The number of likely N-dealkylation sites (N-methyl/N-ethyl adjacent to an activating group) is 1. The van der Waals surface area contributed by atoms with E-state index < -0.39 is 0 Å². The third-order valence-corrected chi connectivity index (χ3v) is 4.34. The standard InChI is InChI=1S/C13H14N2O2S/c1-14-12(16)10(9-5-4-8-18-9)11(13(14)17)15-6-2-3-7-15/h4-5,8H,2-3,6-7H2,1H3. The third kappa shape index (κ3) is 1.58. The molecule has 0 radical (unpaired) electrons. The molecular formula is C13H14N2O2S. The fourth-order valence-corrected chi connectivity index (χ4v) is 3.27. The molecule has 0 saturated carbocycles. The molecule has 3 rings (SSSR count). The van der Waals surface area contributed by atoms with Crippen LogP contribution in [0.3, 0.4) is 0 Å². The van der Waals surface area contributed by atoms with Crippen LogP contribution in [0, 0.1) is 0 Å². The highest BCUT2D eigenvalue weighted by molar-refractivity contribution is 7.11. The molecule has 5 heteroatoms. The van der Waals surface area contributed by atoms with Crippen molar-refractivity contribution in [3.05, 3.63) is 28.1 Å². The van der Waals surface area contributed by atoms with Crippen LogP contribution < -0.4 is 0 Å². The molecule has 2 aliphatic rings. The zero-order valence-corrected chi connectivity index (χ0v) is 11.0. The van der Waals surface area contributed by atoms with Crippen LogP contribution >= 0.6 is 11.3 Å². The van der Waals surface area contributed by atoms with Crippen molar-refractivity contribution in [3.8, 4) is 0 Å². The largest absolute Gasteiger partial charge is 0.366 e. The van der Waals surface area contributed by atoms with Crippen molar-refractivity contribution in [3.63, 3.8) is 0 Å². The van der Waals surface area contributed by atoms with Gasteiger partial charge in [0.2, 0.25) is 0 Å². The monoisotopic (exact) mass is 262 g/mol. The summed E-state index contributed by atoms with van der Waals surface area (Å²) in [5, 5.41) is 1.93. The predicted molar refractivity (Wildman–Crippen MR) is 69.8 cm³/mol. The molecule has 18 heavy (non-hydrogen) atoms. The first-order valence-corrected chi connectivity index (χ1v) is 6.93. The van der Waals surface area contributed by atoms with Gasteiger partial charge in [0.25, 0.3) is 11.8 Å². The zero-order chi connectivity index (χ0) is 12.7. The van der Waals surface area contributed by atoms with Crippen LogP contribution in [-0.2, 0) is 9.59 Å². The van der Waals surface area contributed by atoms with E-state index in [-0.39, 0.29) is 11.8 Å². The Morgan fingerprint density at radius 3 is 2.50 bits per heavy atom. The molecule has 1 saturated heterocycles. The first-order chi connectivity index (χ1) is 8.70. The van der Waals surface area contributed by atoms with E-state index in [2.05, 4.69) is 4.90 Å². The molecule has 0 aromatic carbocycles. The van der Waals surface area contributed by atoms with Crippen LogP contribution in [0.15, 0.2) is 23.2 Å². The first-order valence-electron chi connectivity index (χ1n) is 6.05. The van der Waals surface area contributed by atoms with Crippen molar-refractivity contribution in [2.75, 3.05) is 20.1 Å². The second-order valence-electron chi connectivity index (χ2n) is 4.56. The number of thiophene rings is 1. The van der Waals surface area contributed by atoms with Gasteiger partial charge in [-0.1, -0.05) is 6.07 Å². The highest BCUT2D eigenvalue weighted by atomic mass is 32.1. The molecule has 0 atom stereocenters. The molecule has 2 aliphatic heterocycles. The van der Waals surface area contributed by atoms with E-state index in [4.69, 9.17) is 0 Å². The summed E-state index contributed by atoms with van der Waals surface area (Å²) in [6.45, 7) is 1.74. The molecule has 1 fully saturated rings. The van der Waals surface area contributed by atoms with Gasteiger partial charge in [0.1, 0.15) is 5.70 Å². The SMILES string of the molecule is CN1C(=O)C(c2cccs2)=C(N2CCCC2)C1=O. The van der Waals surface area contributed by atoms with Gasteiger partial charge in [-0.25, -0.2) is 0 Å². The molecule has 0 unspecified atom stereocenters. The van der Waals surface area contributed by atoms with Crippen LogP contribution in [-0.4, -0.2) is 41.8 Å². The van der Waals surface area contributed by atoms with Crippen LogP contribution in [0.25, 0.3) is 5.57 Å². The fourth-order valence-electron chi connectivity index (χ4n) is 2.50. The van der Waals surface area contributed by atoms with E-state index in [1.165, 1.54) is 16.2 Å². The summed E-state index contributed by atoms with van der Waals surface area (Å²) in [5.41, 5.74) is 1.18. The lowest BCUT2D eigenvalue weighted by Gasteiger charge is -2.18. The van der Waals surface area contributed by atoms with Crippen LogP contribution in [0.1, 0.15) is 17.7 Å². The van der Waals surface area contributed by atoms with Gasteiger partial charge in [-0.15, -0.1) is 11.3 Å². The molecule has 0 aliphatic carbocycles. The second-order valence-corrected chi connectivity index (χ2v) is 5.51. The quantitative estimate of drug-likeness (QED) is 0.759. The molecule has 2 amide bonds. The van der Waals surface area contributed by atoms with Crippen molar-refractivity contribution in [2.45, 2.75) is 12.8 Å². The van der Waals surface area contributed by atoms with Crippen LogP contribution in [0.2, 0.25) is 0 Å². The number of rotatable bonds is 2. The normalized spacial score (nSPS) is 20.5. The average Bonchev–Trinajstić information content (AvgIpc) is 3.07. The minimum absolute atomic E-state index is 0.162. The Kier molecular flexibility index (Phi) is 2.70. The summed E-state index contributed by atoms with van der Waals surface area (Å²) < 4.78 is 0. The molecular weight excluding hydrogens is 248 g/mol. The summed E-state index contributed by atoms with van der Waals surface area (Å²) in [7, 11) is 1.56. The topological polar surface area (TPSA) is 40.6 Å². The van der Waals surface area contributed by atoms with Crippen molar-refractivity contribution < 1.29 is 9.59 Å². The highest BCUT2D eigenvalue weighted by Crippen LogP contribution is 2.34. The molecule has 0 bridgehead atoms. The molecule has 4 nitrogen and oxygen atoms in total. The van der Waals surface area contributed by atoms with Crippen molar-refractivity contribution in [1.82, 2.24) is 9.80 Å². The molecule has 3 heterocycles. The summed E-state index contributed by atoms with van der Waals surface area (Å²) >= 11 is 1.51. The van der Waals surface area contributed by atoms with Crippen molar-refractivity contribution in [2.24, 2.45) is 0 Å². The number of carbonyl (C=O) groups is 2. The highest BCUT2D eigenvalue weighted by Gasteiger charge is 2.40. The van der Waals surface area contributed by atoms with E-state index in [0.717, 1.165) is 30.8 Å². The van der Waals surface area contributed by atoms with Gasteiger partial charge in [0.15, 0.2) is 0 Å². The van der Waals surface area contributed by atoms with Gasteiger partial charge in [0.05, 0.1) is 5.57 Å². The average molecular weight is 262 g/mol. The second kappa shape index (κ2) is 4.24. The Bertz CT molecular complexity index is 527. The fraction of sp³-hybridized carbons (Fsp3) is 0.385. The summed E-state index contributed by atoms with van der Waals surface area (Å²) in [5.74, 6) is -0.338. The van der Waals surface area contributed by atoms with Gasteiger partial charge in [-0.05, 0) is 24.3 Å².